The van der Waals surface area contributed by atoms with E-state index in [1.54, 1.807) is 4.90 Å². The van der Waals surface area contributed by atoms with Gasteiger partial charge in [-0.15, -0.1) is 0 Å². The van der Waals surface area contributed by atoms with Gasteiger partial charge in [0.15, 0.2) is 5.78 Å². The molecular weight excluding hydrogens is 237 g/mol. The number of morpholine rings is 1. The van der Waals surface area contributed by atoms with Crippen LogP contribution in [0.4, 0.5) is 10.1 Å². The maximum Gasteiger partial charge on any atom is 0.163 e. The van der Waals surface area contributed by atoms with Gasteiger partial charge in [0.05, 0.1) is 24.5 Å². The number of hydrogen-bond acceptors (Lipinski definition) is 4. The smallest absolute Gasteiger partial charge is 0.163 e. The summed E-state index contributed by atoms with van der Waals surface area (Å²) >= 11 is 0. The molecule has 0 unspecified atom stereocenters. The topological polar surface area (TPSA) is 49.8 Å². The molecule has 0 aromatic heterocycles. The lowest BCUT2D eigenvalue weighted by Crippen LogP contribution is -2.36. The van der Waals surface area contributed by atoms with Gasteiger partial charge in [-0.2, -0.15) is 0 Å². The van der Waals surface area contributed by atoms with Crippen LogP contribution in [0.2, 0.25) is 0 Å². The van der Waals surface area contributed by atoms with Crippen LogP contribution in [0.25, 0.3) is 0 Å². The summed E-state index contributed by atoms with van der Waals surface area (Å²) in [6.45, 7) is 3.53. The molecule has 0 aliphatic carbocycles. The number of phenols is 1. The molecule has 100 valence electrons. The minimum absolute atomic E-state index is 0. The van der Waals surface area contributed by atoms with Crippen molar-refractivity contribution in [3.8, 4) is 5.75 Å². The highest BCUT2D eigenvalue weighted by Crippen LogP contribution is 2.29. The van der Waals surface area contributed by atoms with Crippen molar-refractivity contribution in [2.24, 2.45) is 0 Å². The fourth-order valence-electron chi connectivity index (χ4n) is 1.88. The van der Waals surface area contributed by atoms with Crippen molar-refractivity contribution in [2.45, 2.75) is 14.4 Å². The number of Topliss-reactive ketones (excluding diaryl/α,β-unsaturated/α-hetero) is 1. The molecule has 1 N–H and O–H groups in total. The van der Waals surface area contributed by atoms with Crippen molar-refractivity contribution in [1.82, 2.24) is 0 Å². The minimum Gasteiger partial charge on any atom is -0.507 e. The van der Waals surface area contributed by atoms with Crippen molar-refractivity contribution in [1.29, 1.82) is 0 Å². The first kappa shape index (κ1) is 14.4. The van der Waals surface area contributed by atoms with Gasteiger partial charge in [-0.1, -0.05) is 7.43 Å². The highest BCUT2D eigenvalue weighted by atomic mass is 19.1. The maximum absolute atomic E-state index is 13.8. The SMILES string of the molecule is C.CC(=O)c1cc(F)c(N2CCOCC2)cc1O. The van der Waals surface area contributed by atoms with Crippen LogP contribution in [-0.4, -0.2) is 37.2 Å². The van der Waals surface area contributed by atoms with Crippen LogP contribution < -0.4 is 4.90 Å². The van der Waals surface area contributed by atoms with Crippen molar-refractivity contribution in [2.75, 3.05) is 31.2 Å². The number of rotatable bonds is 2. The first-order valence-electron chi connectivity index (χ1n) is 5.45. The Morgan fingerprint density at radius 2 is 2.00 bits per heavy atom. The van der Waals surface area contributed by atoms with E-state index in [2.05, 4.69) is 0 Å². The molecule has 2 rings (SSSR count). The predicted octanol–water partition coefficient (Wildman–Crippen LogP) is 2.21. The van der Waals surface area contributed by atoms with Crippen molar-refractivity contribution in [3.05, 3.63) is 23.5 Å². The summed E-state index contributed by atoms with van der Waals surface area (Å²) in [6.07, 6.45) is 0. The molecule has 1 aromatic carbocycles. The van der Waals surface area contributed by atoms with E-state index in [1.165, 1.54) is 13.0 Å². The van der Waals surface area contributed by atoms with Crippen molar-refractivity contribution in [3.63, 3.8) is 0 Å². The number of halogens is 1. The average Bonchev–Trinajstić information content (AvgIpc) is 2.32. The second kappa shape index (κ2) is 5.82. The van der Waals surface area contributed by atoms with Crippen LogP contribution >= 0.6 is 0 Å². The van der Waals surface area contributed by atoms with Gasteiger partial charge in [0.25, 0.3) is 0 Å². The fourth-order valence-corrected chi connectivity index (χ4v) is 1.88. The molecule has 1 aliphatic rings. The number of ketones is 1. The molecule has 0 atom stereocenters. The molecule has 1 saturated heterocycles. The average molecular weight is 255 g/mol. The molecule has 0 spiro atoms. The lowest BCUT2D eigenvalue weighted by Gasteiger charge is -2.29. The molecule has 4 nitrogen and oxygen atoms in total. The lowest BCUT2D eigenvalue weighted by atomic mass is 10.1. The molecule has 1 aromatic rings. The van der Waals surface area contributed by atoms with Crippen molar-refractivity contribution < 1.29 is 19.0 Å². The molecule has 5 heteroatoms. The zero-order chi connectivity index (χ0) is 12.4. The molecule has 0 saturated carbocycles. The number of anilines is 1. The first-order valence-corrected chi connectivity index (χ1v) is 5.45. The lowest BCUT2D eigenvalue weighted by molar-refractivity contribution is 0.101. The van der Waals surface area contributed by atoms with Crippen LogP contribution in [0.5, 0.6) is 5.75 Å². The van der Waals surface area contributed by atoms with Gasteiger partial charge in [0.2, 0.25) is 0 Å². The third-order valence-corrected chi connectivity index (χ3v) is 2.80. The molecular formula is C13H18FNO3. The molecule has 0 radical (unpaired) electrons. The summed E-state index contributed by atoms with van der Waals surface area (Å²) in [5.41, 5.74) is 0.329. The summed E-state index contributed by atoms with van der Waals surface area (Å²) in [4.78, 5) is 12.9. The first-order chi connectivity index (χ1) is 8.09. The van der Waals surface area contributed by atoms with E-state index in [4.69, 9.17) is 4.74 Å². The van der Waals surface area contributed by atoms with Crippen LogP contribution in [0.3, 0.4) is 0 Å². The van der Waals surface area contributed by atoms with Crippen LogP contribution in [-0.2, 0) is 4.74 Å². The Kier molecular flexibility index (Phi) is 4.67. The van der Waals surface area contributed by atoms with Gasteiger partial charge in [-0.3, -0.25) is 4.79 Å². The Hall–Kier alpha value is -1.62. The van der Waals surface area contributed by atoms with Crippen LogP contribution in [0.1, 0.15) is 24.7 Å². The number of aromatic hydroxyl groups is 1. The summed E-state index contributed by atoms with van der Waals surface area (Å²) in [7, 11) is 0. The van der Waals surface area contributed by atoms with Gasteiger partial charge >= 0.3 is 0 Å². The van der Waals surface area contributed by atoms with Gasteiger partial charge < -0.3 is 14.7 Å². The van der Waals surface area contributed by atoms with Gasteiger partial charge in [-0.25, -0.2) is 4.39 Å². The second-order valence-electron chi connectivity index (χ2n) is 3.98. The van der Waals surface area contributed by atoms with Gasteiger partial charge in [0.1, 0.15) is 11.6 Å². The van der Waals surface area contributed by atoms with E-state index in [-0.39, 0.29) is 24.5 Å². The molecule has 1 fully saturated rings. The van der Waals surface area contributed by atoms with E-state index < -0.39 is 5.82 Å². The Bertz CT molecular complexity index is 442. The highest BCUT2D eigenvalue weighted by molar-refractivity contribution is 5.97. The zero-order valence-electron chi connectivity index (χ0n) is 9.57. The normalized spacial score (nSPS) is 15.1. The standard InChI is InChI=1S/C12H14FNO3.CH4/c1-8(15)9-6-10(13)11(7-12(9)16)14-2-4-17-5-3-14;/h6-7,16H,2-5H2,1H3;1H4. The number of benzene rings is 1. The number of carbonyl (C=O) groups is 1. The summed E-state index contributed by atoms with van der Waals surface area (Å²) < 4.78 is 19.0. The van der Waals surface area contributed by atoms with Crippen LogP contribution in [0.15, 0.2) is 12.1 Å². The molecule has 18 heavy (non-hydrogen) atoms. The van der Waals surface area contributed by atoms with E-state index in [1.807, 2.05) is 0 Å². The van der Waals surface area contributed by atoms with E-state index in [0.29, 0.717) is 32.0 Å². The second-order valence-corrected chi connectivity index (χ2v) is 3.98. The fraction of sp³-hybridized carbons (Fsp3) is 0.462. The Morgan fingerprint density at radius 1 is 1.39 bits per heavy atom. The van der Waals surface area contributed by atoms with Crippen LogP contribution in [0, 0.1) is 5.82 Å². The molecule has 0 amide bonds. The molecule has 1 aliphatic heterocycles. The number of phenolic OH excluding ortho intramolecular Hbond substituents is 1. The monoisotopic (exact) mass is 255 g/mol. The summed E-state index contributed by atoms with van der Waals surface area (Å²) in [5.74, 6) is -1.02. The number of ether oxygens (including phenoxy) is 1. The third kappa shape index (κ3) is 2.79. The quantitative estimate of drug-likeness (QED) is 0.823. The maximum atomic E-state index is 13.8. The Balaban J connectivity index is 0.00000162. The summed E-state index contributed by atoms with van der Waals surface area (Å²) in [5, 5.41) is 9.67. The van der Waals surface area contributed by atoms with Crippen molar-refractivity contribution >= 4 is 11.5 Å². The number of hydrogen-bond donors (Lipinski definition) is 1. The third-order valence-electron chi connectivity index (χ3n) is 2.80. The Labute approximate surface area is 106 Å². The molecule has 0 bridgehead atoms. The molecule has 1 heterocycles. The van der Waals surface area contributed by atoms with Gasteiger partial charge in [0, 0.05) is 19.2 Å². The minimum atomic E-state index is -0.491. The zero-order valence-corrected chi connectivity index (χ0v) is 9.57. The number of nitrogens with zero attached hydrogens (tertiary/aromatic N) is 1. The predicted molar refractivity (Wildman–Crippen MR) is 67.8 cm³/mol. The highest BCUT2D eigenvalue weighted by Gasteiger charge is 2.18. The van der Waals surface area contributed by atoms with E-state index >= 15 is 0 Å². The largest absolute Gasteiger partial charge is 0.507 e. The van der Waals surface area contributed by atoms with E-state index in [0.717, 1.165) is 6.07 Å². The van der Waals surface area contributed by atoms with Gasteiger partial charge in [-0.05, 0) is 13.0 Å². The van der Waals surface area contributed by atoms with E-state index in [9.17, 15) is 14.3 Å². The number of carbonyl (C=O) groups excluding carboxylic acids is 1. The Morgan fingerprint density at radius 3 is 2.56 bits per heavy atom. The summed E-state index contributed by atoms with van der Waals surface area (Å²) in [6, 6.07) is 2.39.